The smallest absolute Gasteiger partial charge is 0.253 e. The Morgan fingerprint density at radius 3 is 2.82 bits per heavy atom. The van der Waals surface area contributed by atoms with E-state index in [0.29, 0.717) is 12.1 Å². The minimum absolute atomic E-state index is 0.170. The van der Waals surface area contributed by atoms with Gasteiger partial charge in [-0.05, 0) is 11.6 Å². The van der Waals surface area contributed by atoms with Crippen LogP contribution in [0.4, 0.5) is 4.39 Å². The third kappa shape index (κ3) is 2.57. The lowest BCUT2D eigenvalue weighted by atomic mass is 10.1. The summed E-state index contributed by atoms with van der Waals surface area (Å²) < 4.78 is 15.0. The Bertz CT molecular complexity index is 580. The molecule has 17 heavy (non-hydrogen) atoms. The Kier molecular flexibility index (Phi) is 3.30. The first-order valence-corrected chi connectivity index (χ1v) is 5.18. The van der Waals surface area contributed by atoms with Crippen molar-refractivity contribution in [1.82, 2.24) is 9.55 Å². The molecule has 1 aromatic carbocycles. The van der Waals surface area contributed by atoms with Gasteiger partial charge in [0.1, 0.15) is 5.82 Å². The first kappa shape index (κ1) is 11.5. The van der Waals surface area contributed by atoms with Gasteiger partial charge in [0, 0.05) is 24.4 Å². The molecule has 0 radical (unpaired) electrons. The van der Waals surface area contributed by atoms with Crippen LogP contribution in [0.5, 0.6) is 0 Å². The summed E-state index contributed by atoms with van der Waals surface area (Å²) in [5.41, 5.74) is 6.38. The Morgan fingerprint density at radius 1 is 1.35 bits per heavy atom. The maximum absolute atomic E-state index is 13.7. The number of aromatic nitrogens is 2. The second-order valence-corrected chi connectivity index (χ2v) is 3.68. The highest BCUT2D eigenvalue weighted by atomic mass is 19.1. The van der Waals surface area contributed by atoms with Crippen LogP contribution in [0.1, 0.15) is 11.1 Å². The monoisotopic (exact) mass is 233 g/mol. The van der Waals surface area contributed by atoms with Crippen LogP contribution in [0.15, 0.2) is 41.6 Å². The van der Waals surface area contributed by atoms with Gasteiger partial charge < -0.3 is 5.73 Å². The molecule has 1 heterocycles. The van der Waals surface area contributed by atoms with Gasteiger partial charge in [-0.2, -0.15) is 0 Å². The highest BCUT2D eigenvalue weighted by molar-refractivity contribution is 5.24. The first-order chi connectivity index (χ1) is 8.20. The Labute approximate surface area is 97.5 Å². The third-order valence-electron chi connectivity index (χ3n) is 2.49. The zero-order valence-corrected chi connectivity index (χ0v) is 9.14. The minimum Gasteiger partial charge on any atom is -0.326 e. The highest BCUT2D eigenvalue weighted by Gasteiger charge is 2.04. The third-order valence-corrected chi connectivity index (χ3v) is 2.49. The zero-order chi connectivity index (χ0) is 12.3. The van der Waals surface area contributed by atoms with Crippen molar-refractivity contribution in [2.75, 3.05) is 0 Å². The van der Waals surface area contributed by atoms with E-state index >= 15 is 0 Å². The van der Waals surface area contributed by atoms with Crippen molar-refractivity contribution in [3.8, 4) is 0 Å². The number of rotatable bonds is 3. The molecule has 0 saturated heterocycles. The van der Waals surface area contributed by atoms with Crippen molar-refractivity contribution < 1.29 is 4.39 Å². The highest BCUT2D eigenvalue weighted by Crippen LogP contribution is 2.10. The lowest BCUT2D eigenvalue weighted by Gasteiger charge is -2.07. The van der Waals surface area contributed by atoms with Crippen LogP contribution in [0.25, 0.3) is 0 Å². The van der Waals surface area contributed by atoms with E-state index in [1.165, 1.54) is 29.2 Å². The van der Waals surface area contributed by atoms with Crippen LogP contribution in [-0.2, 0) is 13.1 Å². The van der Waals surface area contributed by atoms with Crippen LogP contribution in [0.3, 0.4) is 0 Å². The summed E-state index contributed by atoms with van der Waals surface area (Å²) >= 11 is 0. The predicted molar refractivity (Wildman–Crippen MR) is 61.9 cm³/mol. The van der Waals surface area contributed by atoms with Crippen molar-refractivity contribution >= 4 is 0 Å². The maximum Gasteiger partial charge on any atom is 0.253 e. The zero-order valence-electron chi connectivity index (χ0n) is 9.14. The van der Waals surface area contributed by atoms with Gasteiger partial charge in [0.2, 0.25) is 0 Å². The standard InChI is InChI=1S/C12H12FN3O/c13-11-5-9(6-14)1-2-10(11)7-16-8-15-4-3-12(16)17/h1-5,8H,6-7,14H2. The largest absolute Gasteiger partial charge is 0.326 e. The van der Waals surface area contributed by atoms with Gasteiger partial charge in [0.15, 0.2) is 0 Å². The summed E-state index contributed by atoms with van der Waals surface area (Å²) in [6.45, 7) is 0.466. The molecule has 0 spiro atoms. The summed E-state index contributed by atoms with van der Waals surface area (Å²) in [5.74, 6) is -0.358. The van der Waals surface area contributed by atoms with Crippen molar-refractivity contribution in [2.24, 2.45) is 5.73 Å². The molecule has 0 unspecified atom stereocenters. The number of nitrogens with two attached hydrogens (primary N) is 1. The van der Waals surface area contributed by atoms with Gasteiger partial charge in [-0.25, -0.2) is 9.37 Å². The minimum atomic E-state index is -0.358. The van der Waals surface area contributed by atoms with Crippen molar-refractivity contribution in [2.45, 2.75) is 13.1 Å². The summed E-state index contributed by atoms with van der Waals surface area (Å²) in [7, 11) is 0. The van der Waals surface area contributed by atoms with Crippen LogP contribution >= 0.6 is 0 Å². The van der Waals surface area contributed by atoms with Gasteiger partial charge in [-0.1, -0.05) is 12.1 Å². The molecular weight excluding hydrogens is 221 g/mol. The molecule has 88 valence electrons. The van der Waals surface area contributed by atoms with Gasteiger partial charge in [-0.15, -0.1) is 0 Å². The second-order valence-electron chi connectivity index (χ2n) is 3.68. The lowest BCUT2D eigenvalue weighted by molar-refractivity contribution is 0.592. The number of benzene rings is 1. The fourth-order valence-corrected chi connectivity index (χ4v) is 1.53. The van der Waals surface area contributed by atoms with E-state index in [0.717, 1.165) is 5.56 Å². The number of halogens is 1. The summed E-state index contributed by atoms with van der Waals surface area (Å²) in [5, 5.41) is 0. The first-order valence-electron chi connectivity index (χ1n) is 5.18. The van der Waals surface area contributed by atoms with Gasteiger partial charge >= 0.3 is 0 Å². The lowest BCUT2D eigenvalue weighted by Crippen LogP contribution is -2.19. The molecule has 2 rings (SSSR count). The molecule has 0 fully saturated rings. The summed E-state index contributed by atoms with van der Waals surface area (Å²) in [4.78, 5) is 15.3. The van der Waals surface area contributed by atoms with Crippen LogP contribution in [0.2, 0.25) is 0 Å². The molecule has 0 bridgehead atoms. The van der Waals surface area contributed by atoms with Gasteiger partial charge in [0.25, 0.3) is 5.56 Å². The van der Waals surface area contributed by atoms with Crippen LogP contribution in [-0.4, -0.2) is 9.55 Å². The topological polar surface area (TPSA) is 60.9 Å². The molecule has 0 aliphatic rings. The van der Waals surface area contributed by atoms with E-state index in [4.69, 9.17) is 5.73 Å². The Morgan fingerprint density at radius 2 is 2.18 bits per heavy atom. The van der Waals surface area contributed by atoms with Crippen molar-refractivity contribution in [3.63, 3.8) is 0 Å². The van der Waals surface area contributed by atoms with E-state index in [9.17, 15) is 9.18 Å². The molecule has 1 aromatic heterocycles. The summed E-state index contributed by atoms with van der Waals surface area (Å²) in [6.07, 6.45) is 2.80. The van der Waals surface area contributed by atoms with Crippen LogP contribution < -0.4 is 11.3 Å². The Balaban J connectivity index is 2.31. The number of nitrogens with zero attached hydrogens (tertiary/aromatic N) is 2. The molecule has 0 saturated carbocycles. The molecule has 5 heteroatoms. The van der Waals surface area contributed by atoms with E-state index < -0.39 is 0 Å². The average molecular weight is 233 g/mol. The molecule has 4 nitrogen and oxygen atoms in total. The predicted octanol–water partition coefficient (Wildman–Crippen LogP) is 0.889. The fourth-order valence-electron chi connectivity index (χ4n) is 1.53. The summed E-state index contributed by atoms with van der Waals surface area (Å²) in [6, 6.07) is 6.11. The molecule has 2 N–H and O–H groups in total. The quantitative estimate of drug-likeness (QED) is 0.856. The fraction of sp³-hybridized carbons (Fsp3) is 0.167. The van der Waals surface area contributed by atoms with Crippen molar-refractivity contribution in [1.29, 1.82) is 0 Å². The van der Waals surface area contributed by atoms with E-state index in [1.807, 2.05) is 0 Å². The number of hydrogen-bond acceptors (Lipinski definition) is 3. The van der Waals surface area contributed by atoms with Gasteiger partial charge in [-0.3, -0.25) is 9.36 Å². The SMILES string of the molecule is NCc1ccc(Cn2cnccc2=O)c(F)c1. The van der Waals surface area contributed by atoms with Gasteiger partial charge in [0.05, 0.1) is 12.9 Å². The molecule has 0 atom stereocenters. The van der Waals surface area contributed by atoms with Crippen molar-refractivity contribution in [3.05, 3.63) is 64.1 Å². The normalized spacial score (nSPS) is 10.5. The average Bonchev–Trinajstić information content (AvgIpc) is 2.34. The second kappa shape index (κ2) is 4.88. The maximum atomic E-state index is 13.7. The van der Waals surface area contributed by atoms with E-state index in [-0.39, 0.29) is 17.9 Å². The molecule has 0 aliphatic heterocycles. The molecule has 0 aliphatic carbocycles. The van der Waals surface area contributed by atoms with E-state index in [1.54, 1.807) is 12.1 Å². The molecule has 2 aromatic rings. The molecular formula is C12H12FN3O. The Hall–Kier alpha value is -2.01. The molecule has 0 amide bonds. The number of hydrogen-bond donors (Lipinski definition) is 1. The van der Waals surface area contributed by atoms with E-state index in [2.05, 4.69) is 4.98 Å². The van der Waals surface area contributed by atoms with Crippen LogP contribution in [0, 0.1) is 5.82 Å².